The summed E-state index contributed by atoms with van der Waals surface area (Å²) in [6.07, 6.45) is 11.0. The van der Waals surface area contributed by atoms with Crippen molar-refractivity contribution in [3.05, 3.63) is 23.3 Å². The lowest BCUT2D eigenvalue weighted by Gasteiger charge is -2.27. The Kier molecular flexibility index (Phi) is 4.56. The first kappa shape index (κ1) is 14.0. The van der Waals surface area contributed by atoms with E-state index in [1.165, 1.54) is 18.4 Å². The van der Waals surface area contributed by atoms with Crippen LogP contribution in [-0.2, 0) is 9.59 Å². The molecule has 1 saturated carbocycles. The molecule has 0 radical (unpaired) electrons. The maximum Gasteiger partial charge on any atom is 0.229 e. The molecule has 1 amide bonds. The summed E-state index contributed by atoms with van der Waals surface area (Å²) in [5, 5.41) is 0. The maximum absolute atomic E-state index is 12.2. The molecule has 3 heteroatoms. The highest BCUT2D eigenvalue weighted by molar-refractivity contribution is 5.90. The van der Waals surface area contributed by atoms with Gasteiger partial charge in [-0.05, 0) is 32.1 Å². The lowest BCUT2D eigenvalue weighted by atomic mass is 9.81. The summed E-state index contributed by atoms with van der Waals surface area (Å²) in [5.74, 6) is 0.0600. The van der Waals surface area contributed by atoms with E-state index in [4.69, 9.17) is 0 Å². The van der Waals surface area contributed by atoms with Crippen LogP contribution in [0.3, 0.4) is 0 Å². The average molecular weight is 261 g/mol. The number of hydrogen-bond acceptors (Lipinski definition) is 2. The number of carbonyl (C=O) groups excluding carboxylic acids is 2. The second-order valence-electron chi connectivity index (χ2n) is 5.77. The Bertz CT molecular complexity index is 432. The summed E-state index contributed by atoms with van der Waals surface area (Å²) in [5.41, 5.74) is 2.51. The minimum atomic E-state index is -0.223. The van der Waals surface area contributed by atoms with Crippen LogP contribution in [0, 0.1) is 5.92 Å². The van der Waals surface area contributed by atoms with Gasteiger partial charge in [0.1, 0.15) is 5.78 Å². The van der Waals surface area contributed by atoms with Crippen molar-refractivity contribution < 1.29 is 9.59 Å². The van der Waals surface area contributed by atoms with Crippen LogP contribution in [0.25, 0.3) is 0 Å². The van der Waals surface area contributed by atoms with Gasteiger partial charge in [-0.1, -0.05) is 23.3 Å². The molecular weight excluding hydrogens is 238 g/mol. The lowest BCUT2D eigenvalue weighted by molar-refractivity contribution is -0.135. The van der Waals surface area contributed by atoms with Gasteiger partial charge in [-0.2, -0.15) is 0 Å². The van der Waals surface area contributed by atoms with Crippen molar-refractivity contribution >= 4 is 11.7 Å². The van der Waals surface area contributed by atoms with Crippen molar-refractivity contribution in [3.63, 3.8) is 0 Å². The Morgan fingerprint density at radius 1 is 1.26 bits per heavy atom. The number of rotatable bonds is 2. The van der Waals surface area contributed by atoms with E-state index < -0.39 is 0 Å². The first-order valence-electron chi connectivity index (χ1n) is 7.20. The van der Waals surface area contributed by atoms with Gasteiger partial charge in [0.2, 0.25) is 5.91 Å². The number of ketones is 1. The molecule has 2 rings (SSSR count). The van der Waals surface area contributed by atoms with E-state index in [1.54, 1.807) is 19.0 Å². The van der Waals surface area contributed by atoms with Gasteiger partial charge in [-0.3, -0.25) is 9.59 Å². The number of carbonyl (C=O) groups is 2. The molecule has 0 aromatic heterocycles. The number of nitrogens with zero attached hydrogens (tertiary/aromatic N) is 1. The molecule has 0 unspecified atom stereocenters. The second-order valence-corrected chi connectivity index (χ2v) is 5.77. The van der Waals surface area contributed by atoms with E-state index in [9.17, 15) is 9.59 Å². The Balaban J connectivity index is 2.20. The fourth-order valence-electron chi connectivity index (χ4n) is 2.88. The van der Waals surface area contributed by atoms with Gasteiger partial charge in [0, 0.05) is 26.9 Å². The maximum atomic E-state index is 12.2. The van der Waals surface area contributed by atoms with Crippen LogP contribution in [0.4, 0.5) is 0 Å². The summed E-state index contributed by atoms with van der Waals surface area (Å²) in [6.45, 7) is 0. The van der Waals surface area contributed by atoms with Gasteiger partial charge < -0.3 is 4.90 Å². The van der Waals surface area contributed by atoms with Gasteiger partial charge in [0.05, 0.1) is 5.92 Å². The van der Waals surface area contributed by atoms with Crippen LogP contribution in [0.5, 0.6) is 0 Å². The highest BCUT2D eigenvalue weighted by Gasteiger charge is 2.30. The zero-order valence-electron chi connectivity index (χ0n) is 11.9. The smallest absolute Gasteiger partial charge is 0.229 e. The standard InChI is InChI=1S/C16H23NO2/c1-17(2)16(19)15-11-14(18)9-8-13(15)10-12-6-4-3-5-7-12/h6,10,15H,3-5,7-9,11H2,1-2H3/b13-10+/t15-/m0/s1. The molecule has 1 fully saturated rings. The summed E-state index contributed by atoms with van der Waals surface area (Å²) >= 11 is 0. The number of Topliss-reactive ketones (excluding diaryl/α,β-unsaturated/α-hetero) is 1. The molecule has 104 valence electrons. The van der Waals surface area contributed by atoms with Crippen LogP contribution < -0.4 is 0 Å². The van der Waals surface area contributed by atoms with E-state index in [0.29, 0.717) is 12.8 Å². The molecule has 0 aliphatic heterocycles. The number of amides is 1. The van der Waals surface area contributed by atoms with Gasteiger partial charge in [0.15, 0.2) is 0 Å². The molecule has 0 bridgehead atoms. The third-order valence-electron chi connectivity index (χ3n) is 4.01. The van der Waals surface area contributed by atoms with E-state index in [0.717, 1.165) is 24.8 Å². The van der Waals surface area contributed by atoms with Crippen molar-refractivity contribution in [2.75, 3.05) is 14.1 Å². The molecule has 2 aliphatic carbocycles. The van der Waals surface area contributed by atoms with E-state index in [1.807, 2.05) is 0 Å². The highest BCUT2D eigenvalue weighted by Crippen LogP contribution is 2.31. The van der Waals surface area contributed by atoms with Gasteiger partial charge in [-0.15, -0.1) is 0 Å². The monoisotopic (exact) mass is 261 g/mol. The second kappa shape index (κ2) is 6.18. The molecule has 0 saturated heterocycles. The Morgan fingerprint density at radius 2 is 2.05 bits per heavy atom. The van der Waals surface area contributed by atoms with Crippen LogP contribution in [0.15, 0.2) is 23.3 Å². The lowest BCUT2D eigenvalue weighted by Crippen LogP contribution is -2.34. The molecule has 0 N–H and O–H groups in total. The first-order valence-corrected chi connectivity index (χ1v) is 7.20. The summed E-state index contributed by atoms with van der Waals surface area (Å²) in [7, 11) is 3.53. The van der Waals surface area contributed by atoms with Gasteiger partial charge in [-0.25, -0.2) is 0 Å². The summed E-state index contributed by atoms with van der Waals surface area (Å²) in [6, 6.07) is 0. The third-order valence-corrected chi connectivity index (χ3v) is 4.01. The van der Waals surface area contributed by atoms with Crippen LogP contribution in [0.2, 0.25) is 0 Å². The predicted octanol–water partition coefficient (Wildman–Crippen LogP) is 2.87. The Hall–Kier alpha value is -1.38. The van der Waals surface area contributed by atoms with E-state index in [2.05, 4.69) is 12.2 Å². The third kappa shape index (κ3) is 3.55. The molecule has 0 spiro atoms. The molecule has 2 aliphatic rings. The summed E-state index contributed by atoms with van der Waals surface area (Å²) in [4.78, 5) is 25.4. The fraction of sp³-hybridized carbons (Fsp3) is 0.625. The Labute approximate surface area is 115 Å². The Morgan fingerprint density at radius 3 is 2.68 bits per heavy atom. The molecule has 0 aromatic rings. The summed E-state index contributed by atoms with van der Waals surface area (Å²) < 4.78 is 0. The van der Waals surface area contributed by atoms with Crippen molar-refractivity contribution in [3.8, 4) is 0 Å². The molecular formula is C16H23NO2. The van der Waals surface area contributed by atoms with Gasteiger partial charge >= 0.3 is 0 Å². The molecule has 3 nitrogen and oxygen atoms in total. The van der Waals surface area contributed by atoms with Crippen molar-refractivity contribution in [2.45, 2.75) is 44.9 Å². The molecule has 19 heavy (non-hydrogen) atoms. The van der Waals surface area contributed by atoms with Crippen molar-refractivity contribution in [2.24, 2.45) is 5.92 Å². The minimum Gasteiger partial charge on any atom is -0.348 e. The molecule has 1 atom stereocenters. The van der Waals surface area contributed by atoms with E-state index in [-0.39, 0.29) is 17.6 Å². The van der Waals surface area contributed by atoms with Crippen LogP contribution >= 0.6 is 0 Å². The predicted molar refractivity (Wildman–Crippen MR) is 75.7 cm³/mol. The average Bonchev–Trinajstić information content (AvgIpc) is 2.41. The molecule has 0 aromatic carbocycles. The topological polar surface area (TPSA) is 37.4 Å². The normalized spacial score (nSPS) is 26.2. The van der Waals surface area contributed by atoms with Crippen LogP contribution in [-0.4, -0.2) is 30.7 Å². The van der Waals surface area contributed by atoms with Crippen molar-refractivity contribution in [1.29, 1.82) is 0 Å². The quantitative estimate of drug-likeness (QED) is 0.766. The molecule has 0 heterocycles. The van der Waals surface area contributed by atoms with Crippen LogP contribution in [0.1, 0.15) is 44.9 Å². The fourth-order valence-corrected chi connectivity index (χ4v) is 2.88. The SMILES string of the molecule is CN(C)C(=O)[C@H]1CC(=O)CC/C1=C\C1=CCCCC1. The van der Waals surface area contributed by atoms with E-state index >= 15 is 0 Å². The van der Waals surface area contributed by atoms with Gasteiger partial charge in [0.25, 0.3) is 0 Å². The minimum absolute atomic E-state index is 0.0655. The van der Waals surface area contributed by atoms with Crippen molar-refractivity contribution in [1.82, 2.24) is 4.90 Å². The zero-order chi connectivity index (χ0) is 13.8. The number of hydrogen-bond donors (Lipinski definition) is 0. The zero-order valence-corrected chi connectivity index (χ0v) is 11.9. The largest absolute Gasteiger partial charge is 0.348 e. The number of allylic oxidation sites excluding steroid dienone is 3. The highest BCUT2D eigenvalue weighted by atomic mass is 16.2. The first-order chi connectivity index (χ1) is 9.08.